The maximum atomic E-state index is 15.4. The SMILES string of the molecule is CCCN1c2cc(F)c(/C=C3/SC(=Nc4ccccc4)N(CCOC)C3=O)cc2C(C)CC1(C)C. The molecule has 0 aromatic heterocycles. The summed E-state index contributed by atoms with van der Waals surface area (Å²) < 4.78 is 20.6. The Balaban J connectivity index is 1.71. The summed E-state index contributed by atoms with van der Waals surface area (Å²) in [6.45, 7) is 10.5. The number of hydrogen-bond donors (Lipinski definition) is 0. The van der Waals surface area contributed by atoms with Crippen LogP contribution in [0, 0.1) is 5.82 Å². The summed E-state index contributed by atoms with van der Waals surface area (Å²) >= 11 is 1.28. The summed E-state index contributed by atoms with van der Waals surface area (Å²) in [4.78, 5) is 22.3. The topological polar surface area (TPSA) is 45.1 Å². The van der Waals surface area contributed by atoms with E-state index in [4.69, 9.17) is 4.74 Å². The normalized spacial score (nSPS) is 21.8. The van der Waals surface area contributed by atoms with Gasteiger partial charge in [-0.15, -0.1) is 0 Å². The molecule has 2 aliphatic rings. The van der Waals surface area contributed by atoms with Gasteiger partial charge in [0.2, 0.25) is 0 Å². The Bertz CT molecular complexity index is 1150. The molecule has 1 saturated heterocycles. The number of carbonyl (C=O) groups excluding carboxylic acids is 1. The predicted octanol–water partition coefficient (Wildman–Crippen LogP) is 6.58. The Kier molecular flexibility index (Phi) is 7.67. The molecule has 0 radical (unpaired) electrons. The quantitative estimate of drug-likeness (QED) is 0.407. The lowest BCUT2D eigenvalue weighted by atomic mass is 9.79. The van der Waals surface area contributed by atoms with E-state index < -0.39 is 0 Å². The summed E-state index contributed by atoms with van der Waals surface area (Å²) in [6.07, 6.45) is 3.66. The highest BCUT2D eigenvalue weighted by Crippen LogP contribution is 2.45. The van der Waals surface area contributed by atoms with E-state index in [-0.39, 0.29) is 17.3 Å². The summed E-state index contributed by atoms with van der Waals surface area (Å²) in [5.41, 5.74) is 3.27. The number of thioether (sulfide) groups is 1. The van der Waals surface area contributed by atoms with Crippen LogP contribution in [0.2, 0.25) is 0 Å². The molecule has 1 fully saturated rings. The Morgan fingerprint density at radius 1 is 1.23 bits per heavy atom. The van der Waals surface area contributed by atoms with E-state index in [1.165, 1.54) is 11.8 Å². The zero-order chi connectivity index (χ0) is 25.2. The number of anilines is 1. The minimum Gasteiger partial charge on any atom is -0.383 e. The molecule has 1 unspecified atom stereocenters. The van der Waals surface area contributed by atoms with Crippen LogP contribution < -0.4 is 4.90 Å². The van der Waals surface area contributed by atoms with Gasteiger partial charge in [0.15, 0.2) is 5.17 Å². The summed E-state index contributed by atoms with van der Waals surface area (Å²) in [5.74, 6) is -0.195. The summed E-state index contributed by atoms with van der Waals surface area (Å²) in [5, 5.41) is 0.576. The lowest BCUT2D eigenvalue weighted by Crippen LogP contribution is -2.48. The number of hydrogen-bond acceptors (Lipinski definition) is 5. The zero-order valence-corrected chi connectivity index (χ0v) is 22.0. The first-order valence-electron chi connectivity index (χ1n) is 12.2. The fourth-order valence-electron chi connectivity index (χ4n) is 5.00. The van der Waals surface area contributed by atoms with E-state index in [0.717, 1.165) is 36.3 Å². The van der Waals surface area contributed by atoms with Crippen molar-refractivity contribution in [2.45, 2.75) is 52.0 Å². The fourth-order valence-corrected chi connectivity index (χ4v) is 6.02. The molecule has 0 N–H and O–H groups in total. The molecule has 0 spiro atoms. The Hall–Kier alpha value is -2.64. The second-order valence-electron chi connectivity index (χ2n) is 9.79. The van der Waals surface area contributed by atoms with Crippen molar-refractivity contribution >= 4 is 40.3 Å². The third kappa shape index (κ3) is 5.31. The Labute approximate surface area is 212 Å². The predicted molar refractivity (Wildman–Crippen MR) is 144 cm³/mol. The monoisotopic (exact) mass is 495 g/mol. The number of methoxy groups -OCH3 is 1. The highest BCUT2D eigenvalue weighted by molar-refractivity contribution is 8.18. The first kappa shape index (κ1) is 25.5. The average Bonchev–Trinajstić information content (AvgIpc) is 3.10. The van der Waals surface area contributed by atoms with E-state index in [0.29, 0.717) is 34.7 Å². The molecule has 2 aliphatic heterocycles. The van der Waals surface area contributed by atoms with Crippen LogP contribution in [0.15, 0.2) is 52.4 Å². The van der Waals surface area contributed by atoms with E-state index in [9.17, 15) is 4.79 Å². The number of halogens is 1. The number of carbonyl (C=O) groups is 1. The number of benzene rings is 2. The lowest BCUT2D eigenvalue weighted by Gasteiger charge is -2.47. The van der Waals surface area contributed by atoms with Gasteiger partial charge in [-0.05, 0) is 80.3 Å². The van der Waals surface area contributed by atoms with Crippen molar-refractivity contribution in [3.8, 4) is 0 Å². The molecule has 1 amide bonds. The molecule has 186 valence electrons. The average molecular weight is 496 g/mol. The third-order valence-corrected chi connectivity index (χ3v) is 7.63. The maximum absolute atomic E-state index is 15.4. The van der Waals surface area contributed by atoms with Gasteiger partial charge in [-0.2, -0.15) is 0 Å². The van der Waals surface area contributed by atoms with Crippen molar-refractivity contribution in [2.24, 2.45) is 4.99 Å². The van der Waals surface area contributed by atoms with Crippen molar-refractivity contribution in [3.63, 3.8) is 0 Å². The van der Waals surface area contributed by atoms with Crippen LogP contribution in [0.5, 0.6) is 0 Å². The lowest BCUT2D eigenvalue weighted by molar-refractivity contribution is -0.122. The van der Waals surface area contributed by atoms with Crippen molar-refractivity contribution in [2.75, 3.05) is 31.7 Å². The smallest absolute Gasteiger partial charge is 0.266 e. The second kappa shape index (κ2) is 10.5. The fraction of sp³-hybridized carbons (Fsp3) is 0.429. The number of aliphatic imine (C=N–C) groups is 1. The van der Waals surface area contributed by atoms with Crippen LogP contribution in [0.4, 0.5) is 15.8 Å². The number of amides is 1. The first-order chi connectivity index (χ1) is 16.7. The van der Waals surface area contributed by atoms with Gasteiger partial charge in [0.05, 0.1) is 23.7 Å². The highest BCUT2D eigenvalue weighted by atomic mass is 32.2. The third-order valence-electron chi connectivity index (χ3n) is 6.63. The number of para-hydroxylation sites is 1. The first-order valence-corrected chi connectivity index (χ1v) is 13.0. The zero-order valence-electron chi connectivity index (χ0n) is 21.2. The van der Waals surface area contributed by atoms with Crippen LogP contribution in [-0.4, -0.2) is 48.3 Å². The Morgan fingerprint density at radius 2 is 1.97 bits per heavy atom. The molecule has 4 rings (SSSR count). The second-order valence-corrected chi connectivity index (χ2v) is 10.8. The molecule has 7 heteroatoms. The number of nitrogens with zero attached hydrogens (tertiary/aromatic N) is 3. The van der Waals surface area contributed by atoms with Gasteiger partial charge in [0, 0.05) is 30.4 Å². The van der Waals surface area contributed by atoms with Crippen molar-refractivity contribution in [1.82, 2.24) is 4.90 Å². The van der Waals surface area contributed by atoms with Crippen LogP contribution in [0.1, 0.15) is 57.6 Å². The Morgan fingerprint density at radius 3 is 2.66 bits per heavy atom. The van der Waals surface area contributed by atoms with Crippen molar-refractivity contribution < 1.29 is 13.9 Å². The van der Waals surface area contributed by atoms with Gasteiger partial charge < -0.3 is 9.64 Å². The van der Waals surface area contributed by atoms with E-state index in [2.05, 4.69) is 37.6 Å². The maximum Gasteiger partial charge on any atom is 0.266 e. The molecule has 2 aromatic rings. The molecular weight excluding hydrogens is 461 g/mol. The molecule has 0 saturated carbocycles. The molecule has 0 bridgehead atoms. The van der Waals surface area contributed by atoms with Gasteiger partial charge in [-0.25, -0.2) is 9.38 Å². The molecule has 2 heterocycles. The van der Waals surface area contributed by atoms with Gasteiger partial charge in [0.1, 0.15) is 5.82 Å². The minimum absolute atomic E-state index is 0.0310. The summed E-state index contributed by atoms with van der Waals surface area (Å²) in [7, 11) is 1.60. The molecule has 5 nitrogen and oxygen atoms in total. The van der Waals surface area contributed by atoms with Crippen LogP contribution in [0.25, 0.3) is 6.08 Å². The molecule has 35 heavy (non-hydrogen) atoms. The molecule has 1 atom stereocenters. The van der Waals surface area contributed by atoms with Crippen LogP contribution >= 0.6 is 11.8 Å². The number of ether oxygens (including phenoxy) is 1. The molecule has 2 aromatic carbocycles. The highest BCUT2D eigenvalue weighted by Gasteiger charge is 2.37. The van der Waals surface area contributed by atoms with E-state index >= 15 is 4.39 Å². The van der Waals surface area contributed by atoms with Gasteiger partial charge >= 0.3 is 0 Å². The minimum atomic E-state index is -0.312. The van der Waals surface area contributed by atoms with Crippen molar-refractivity contribution in [1.29, 1.82) is 0 Å². The number of fused-ring (bicyclic) bond motifs is 1. The summed E-state index contributed by atoms with van der Waals surface area (Å²) in [6, 6.07) is 13.1. The van der Waals surface area contributed by atoms with Crippen LogP contribution in [-0.2, 0) is 9.53 Å². The number of amidine groups is 1. The van der Waals surface area contributed by atoms with Gasteiger partial charge in [-0.1, -0.05) is 32.0 Å². The van der Waals surface area contributed by atoms with Gasteiger partial charge in [-0.3, -0.25) is 9.69 Å². The molecular formula is C28H34FN3O2S. The number of rotatable bonds is 7. The van der Waals surface area contributed by atoms with Crippen LogP contribution in [0.3, 0.4) is 0 Å². The van der Waals surface area contributed by atoms with Gasteiger partial charge in [0.25, 0.3) is 5.91 Å². The van der Waals surface area contributed by atoms with E-state index in [1.807, 2.05) is 36.4 Å². The van der Waals surface area contributed by atoms with E-state index in [1.54, 1.807) is 24.2 Å². The van der Waals surface area contributed by atoms with Crippen molar-refractivity contribution in [3.05, 3.63) is 64.3 Å². The largest absolute Gasteiger partial charge is 0.383 e. The standard InChI is InChI=1S/C28H34FN3O2S/c1-6-12-32-24-17-23(29)20(15-22(24)19(2)18-28(32,3)4)16-25-26(33)31(13-14-34-5)27(35-25)30-21-10-8-7-9-11-21/h7-11,15-17,19H,6,12-14,18H2,1-5H3/b25-16+,30-27?. The molecule has 0 aliphatic carbocycles.